The van der Waals surface area contributed by atoms with Crippen LogP contribution in [0.25, 0.3) is 11.0 Å². The molecule has 2 aromatic rings. The van der Waals surface area contributed by atoms with Crippen LogP contribution in [0.4, 0.5) is 0 Å². The van der Waals surface area contributed by atoms with E-state index in [9.17, 15) is 0 Å². The van der Waals surface area contributed by atoms with Crippen molar-refractivity contribution in [1.29, 1.82) is 0 Å². The minimum atomic E-state index is 0. The van der Waals surface area contributed by atoms with Crippen LogP contribution in [0.5, 0.6) is 0 Å². The van der Waals surface area contributed by atoms with Crippen LogP contribution in [0.15, 0.2) is 30.6 Å². The van der Waals surface area contributed by atoms with Gasteiger partial charge >= 0.3 is 0 Å². The van der Waals surface area contributed by atoms with E-state index < -0.39 is 0 Å². The molecule has 0 aliphatic carbocycles. The first-order valence-electron chi connectivity index (χ1n) is 3.24. The van der Waals surface area contributed by atoms with Crippen molar-refractivity contribution in [3.63, 3.8) is 0 Å². The number of pyridine rings is 1. The second-order valence-electron chi connectivity index (χ2n) is 2.33. The smallest absolute Gasteiger partial charge is 0.0880 e. The summed E-state index contributed by atoms with van der Waals surface area (Å²) >= 11 is 0. The maximum Gasteiger partial charge on any atom is 0.0880 e. The molecule has 0 saturated heterocycles. The number of hydrogen-bond donors (Lipinski definition) is 0. The standard InChI is InChI=1S/C8H8N2.H2/c1-10-6-4-7-8(10)3-2-5-9-7;/h2-6H,1H3;1H. The van der Waals surface area contributed by atoms with Crippen LogP contribution in [0.3, 0.4) is 0 Å². The second-order valence-corrected chi connectivity index (χ2v) is 2.33. The third kappa shape index (κ3) is 0.620. The summed E-state index contributed by atoms with van der Waals surface area (Å²) in [6.07, 6.45) is 3.82. The lowest BCUT2D eigenvalue weighted by molar-refractivity contribution is 0.968. The van der Waals surface area contributed by atoms with E-state index in [2.05, 4.69) is 15.6 Å². The van der Waals surface area contributed by atoms with Crippen LogP contribution in [0.2, 0.25) is 0 Å². The largest absolute Gasteiger partial charge is 0.349 e. The average molecular weight is 134 g/mol. The molecule has 0 aromatic carbocycles. The SMILES string of the molecule is Cn1ccc2ncccc21.[HH]. The van der Waals surface area contributed by atoms with E-state index in [1.165, 1.54) is 5.52 Å². The molecule has 0 N–H and O–H groups in total. The minimum absolute atomic E-state index is 0. The van der Waals surface area contributed by atoms with E-state index in [0.717, 1.165) is 5.52 Å². The van der Waals surface area contributed by atoms with Gasteiger partial charge in [0.25, 0.3) is 0 Å². The molecule has 0 aliphatic heterocycles. The molecule has 52 valence electrons. The highest BCUT2D eigenvalue weighted by atomic mass is 14.9. The Morgan fingerprint density at radius 3 is 3.20 bits per heavy atom. The van der Waals surface area contributed by atoms with Crippen molar-refractivity contribution >= 4 is 11.0 Å². The van der Waals surface area contributed by atoms with Gasteiger partial charge in [-0.3, -0.25) is 4.98 Å². The molecule has 2 heterocycles. The molecular formula is C8H10N2. The average Bonchev–Trinajstić information content (AvgIpc) is 2.34. The normalized spacial score (nSPS) is 10.5. The Morgan fingerprint density at radius 1 is 1.50 bits per heavy atom. The number of aromatic nitrogens is 2. The quantitative estimate of drug-likeness (QED) is 0.537. The molecule has 0 atom stereocenters. The van der Waals surface area contributed by atoms with E-state index in [1.807, 2.05) is 31.6 Å². The van der Waals surface area contributed by atoms with E-state index in [4.69, 9.17) is 0 Å². The summed E-state index contributed by atoms with van der Waals surface area (Å²) in [6, 6.07) is 6.01. The lowest BCUT2D eigenvalue weighted by Crippen LogP contribution is -1.82. The van der Waals surface area contributed by atoms with Crippen molar-refractivity contribution in [2.75, 3.05) is 0 Å². The summed E-state index contributed by atoms with van der Waals surface area (Å²) in [6.45, 7) is 0. The number of fused-ring (bicyclic) bond motifs is 1. The first-order chi connectivity index (χ1) is 4.88. The molecule has 0 amide bonds. The van der Waals surface area contributed by atoms with Gasteiger partial charge in [0.1, 0.15) is 0 Å². The van der Waals surface area contributed by atoms with E-state index in [1.54, 1.807) is 0 Å². The molecule has 2 aromatic heterocycles. The van der Waals surface area contributed by atoms with E-state index >= 15 is 0 Å². The number of nitrogens with zero attached hydrogens (tertiary/aromatic N) is 2. The number of rotatable bonds is 0. The molecule has 2 nitrogen and oxygen atoms in total. The first kappa shape index (κ1) is 5.47. The van der Waals surface area contributed by atoms with Crippen LogP contribution < -0.4 is 0 Å². The zero-order valence-electron chi connectivity index (χ0n) is 5.78. The lowest BCUT2D eigenvalue weighted by Gasteiger charge is -1.91. The highest BCUT2D eigenvalue weighted by Crippen LogP contribution is 2.09. The van der Waals surface area contributed by atoms with Gasteiger partial charge in [-0.2, -0.15) is 0 Å². The van der Waals surface area contributed by atoms with Crippen molar-refractivity contribution in [1.82, 2.24) is 9.55 Å². The molecule has 0 bridgehead atoms. The van der Waals surface area contributed by atoms with Gasteiger partial charge in [-0.15, -0.1) is 0 Å². The van der Waals surface area contributed by atoms with Gasteiger partial charge in [0.15, 0.2) is 0 Å². The lowest BCUT2D eigenvalue weighted by atomic mass is 10.4. The van der Waals surface area contributed by atoms with Gasteiger partial charge in [-0.05, 0) is 18.2 Å². The van der Waals surface area contributed by atoms with Gasteiger partial charge in [-0.1, -0.05) is 0 Å². The zero-order chi connectivity index (χ0) is 6.97. The fourth-order valence-electron chi connectivity index (χ4n) is 1.10. The molecule has 0 aliphatic rings. The Bertz CT molecular complexity index is 354. The monoisotopic (exact) mass is 134 g/mol. The van der Waals surface area contributed by atoms with Crippen LogP contribution in [0.1, 0.15) is 1.43 Å². The maximum atomic E-state index is 4.18. The molecule has 2 rings (SSSR count). The molecule has 0 fully saturated rings. The summed E-state index contributed by atoms with van der Waals surface area (Å²) in [4.78, 5) is 4.18. The second kappa shape index (κ2) is 1.84. The Labute approximate surface area is 60.6 Å². The Balaban J connectivity index is 0.000000605. The molecule has 0 saturated carbocycles. The fraction of sp³-hybridized carbons (Fsp3) is 0.125. The van der Waals surface area contributed by atoms with Crippen LogP contribution >= 0.6 is 0 Å². The van der Waals surface area contributed by atoms with Crippen molar-refractivity contribution in [3.05, 3.63) is 30.6 Å². The summed E-state index contributed by atoms with van der Waals surface area (Å²) in [5, 5.41) is 0. The predicted molar refractivity (Wildman–Crippen MR) is 42.8 cm³/mol. The van der Waals surface area contributed by atoms with Crippen molar-refractivity contribution < 1.29 is 1.43 Å². The minimum Gasteiger partial charge on any atom is -0.349 e. The summed E-state index contributed by atoms with van der Waals surface area (Å²) in [5.74, 6) is 0. The summed E-state index contributed by atoms with van der Waals surface area (Å²) < 4.78 is 2.06. The van der Waals surface area contributed by atoms with Gasteiger partial charge in [0.2, 0.25) is 0 Å². The van der Waals surface area contributed by atoms with Crippen molar-refractivity contribution in [3.8, 4) is 0 Å². The third-order valence-electron chi connectivity index (χ3n) is 1.65. The highest BCUT2D eigenvalue weighted by molar-refractivity contribution is 5.74. The van der Waals surface area contributed by atoms with Gasteiger partial charge < -0.3 is 4.57 Å². The molecular weight excluding hydrogens is 124 g/mol. The molecule has 0 spiro atoms. The third-order valence-corrected chi connectivity index (χ3v) is 1.65. The molecule has 0 unspecified atom stereocenters. The van der Waals surface area contributed by atoms with Gasteiger partial charge in [0, 0.05) is 20.9 Å². The van der Waals surface area contributed by atoms with Crippen LogP contribution in [0, 0.1) is 0 Å². The molecule has 2 heteroatoms. The number of hydrogen-bond acceptors (Lipinski definition) is 1. The van der Waals surface area contributed by atoms with Crippen molar-refractivity contribution in [2.45, 2.75) is 0 Å². The Hall–Kier alpha value is -1.31. The van der Waals surface area contributed by atoms with Gasteiger partial charge in [-0.25, -0.2) is 0 Å². The van der Waals surface area contributed by atoms with E-state index in [-0.39, 0.29) is 1.43 Å². The van der Waals surface area contributed by atoms with Gasteiger partial charge in [0.05, 0.1) is 11.0 Å². The summed E-state index contributed by atoms with van der Waals surface area (Å²) in [7, 11) is 2.02. The van der Waals surface area contributed by atoms with Crippen LogP contribution in [-0.4, -0.2) is 9.55 Å². The Morgan fingerprint density at radius 2 is 2.40 bits per heavy atom. The Kier molecular flexibility index (Phi) is 1.01. The van der Waals surface area contributed by atoms with E-state index in [0.29, 0.717) is 0 Å². The van der Waals surface area contributed by atoms with Crippen molar-refractivity contribution in [2.24, 2.45) is 7.05 Å². The molecule has 0 radical (unpaired) electrons. The van der Waals surface area contributed by atoms with Crippen LogP contribution in [-0.2, 0) is 7.05 Å². The summed E-state index contributed by atoms with van der Waals surface area (Å²) in [5.41, 5.74) is 2.24. The first-order valence-corrected chi connectivity index (χ1v) is 3.24. The predicted octanol–water partition coefficient (Wildman–Crippen LogP) is 1.82. The topological polar surface area (TPSA) is 17.8 Å². The maximum absolute atomic E-state index is 4.18. The fourth-order valence-corrected chi connectivity index (χ4v) is 1.10. The number of aryl methyl sites for hydroxylation is 1. The zero-order valence-corrected chi connectivity index (χ0v) is 5.78. The molecule has 10 heavy (non-hydrogen) atoms. The highest BCUT2D eigenvalue weighted by Gasteiger charge is 1.93.